The molecule has 0 fully saturated rings. The minimum Gasteiger partial charge on any atom is -0.481 e. The second kappa shape index (κ2) is 5.05. The standard InChI is InChI=1S/C10H18N4O2/c1-10(2,3)7-8-11-12-13-14(8)6-4-5-9(15)16/h4-7H2,1-3H3,(H,15,16). The number of rotatable bonds is 5. The first-order valence-corrected chi connectivity index (χ1v) is 5.35. The van der Waals surface area contributed by atoms with Crippen molar-refractivity contribution in [3.8, 4) is 0 Å². The van der Waals surface area contributed by atoms with Gasteiger partial charge in [-0.25, -0.2) is 4.68 Å². The van der Waals surface area contributed by atoms with Gasteiger partial charge in [0.15, 0.2) is 5.82 Å². The molecule has 1 N–H and O–H groups in total. The summed E-state index contributed by atoms with van der Waals surface area (Å²) in [5, 5.41) is 20.0. The summed E-state index contributed by atoms with van der Waals surface area (Å²) in [6.07, 6.45) is 1.49. The van der Waals surface area contributed by atoms with Crippen LogP contribution in [0.2, 0.25) is 0 Å². The maximum Gasteiger partial charge on any atom is 0.303 e. The summed E-state index contributed by atoms with van der Waals surface area (Å²) in [4.78, 5) is 10.4. The molecule has 0 bridgehead atoms. The average Bonchev–Trinajstić information content (AvgIpc) is 2.49. The number of aryl methyl sites for hydroxylation is 1. The van der Waals surface area contributed by atoms with Gasteiger partial charge in [-0.05, 0) is 22.3 Å². The molecule has 6 nitrogen and oxygen atoms in total. The molecular weight excluding hydrogens is 208 g/mol. The van der Waals surface area contributed by atoms with E-state index in [-0.39, 0.29) is 11.8 Å². The monoisotopic (exact) mass is 226 g/mol. The molecule has 1 aromatic heterocycles. The molecule has 90 valence electrons. The van der Waals surface area contributed by atoms with Crippen molar-refractivity contribution in [2.45, 2.75) is 46.6 Å². The first kappa shape index (κ1) is 12.6. The van der Waals surface area contributed by atoms with Gasteiger partial charge in [-0.1, -0.05) is 20.8 Å². The summed E-state index contributed by atoms with van der Waals surface area (Å²) < 4.78 is 1.69. The molecule has 0 aliphatic rings. The van der Waals surface area contributed by atoms with Crippen molar-refractivity contribution in [3.63, 3.8) is 0 Å². The van der Waals surface area contributed by atoms with Crippen molar-refractivity contribution in [2.24, 2.45) is 5.41 Å². The van der Waals surface area contributed by atoms with E-state index in [1.54, 1.807) is 4.68 Å². The molecule has 0 amide bonds. The molecule has 0 atom stereocenters. The van der Waals surface area contributed by atoms with Crippen LogP contribution in [0.1, 0.15) is 39.4 Å². The van der Waals surface area contributed by atoms with Crippen molar-refractivity contribution >= 4 is 5.97 Å². The predicted octanol–water partition coefficient (Wildman–Crippen LogP) is 1.13. The van der Waals surface area contributed by atoms with E-state index >= 15 is 0 Å². The molecule has 0 aromatic carbocycles. The Morgan fingerprint density at radius 1 is 1.44 bits per heavy atom. The number of carbonyl (C=O) groups is 1. The molecule has 0 saturated heterocycles. The van der Waals surface area contributed by atoms with Crippen LogP contribution in [-0.2, 0) is 17.8 Å². The number of carboxylic acids is 1. The summed E-state index contributed by atoms with van der Waals surface area (Å²) in [6.45, 7) is 6.90. The van der Waals surface area contributed by atoms with Crippen LogP contribution in [0, 0.1) is 5.41 Å². The Labute approximate surface area is 94.7 Å². The Hall–Kier alpha value is -1.46. The van der Waals surface area contributed by atoms with Gasteiger partial charge in [0.2, 0.25) is 0 Å². The highest BCUT2D eigenvalue weighted by Gasteiger charge is 2.16. The van der Waals surface area contributed by atoms with Gasteiger partial charge in [0.25, 0.3) is 0 Å². The molecule has 0 aliphatic heterocycles. The van der Waals surface area contributed by atoms with E-state index in [9.17, 15) is 4.79 Å². The van der Waals surface area contributed by atoms with Gasteiger partial charge in [0, 0.05) is 19.4 Å². The molecule has 6 heteroatoms. The quantitative estimate of drug-likeness (QED) is 0.813. The fourth-order valence-corrected chi connectivity index (χ4v) is 1.38. The van der Waals surface area contributed by atoms with Crippen molar-refractivity contribution < 1.29 is 9.90 Å². The van der Waals surface area contributed by atoms with Crippen LogP contribution in [0.3, 0.4) is 0 Å². The van der Waals surface area contributed by atoms with Gasteiger partial charge < -0.3 is 5.11 Å². The molecule has 0 radical (unpaired) electrons. The smallest absolute Gasteiger partial charge is 0.303 e. The minimum atomic E-state index is -0.787. The normalized spacial score (nSPS) is 11.7. The molecule has 1 aromatic rings. The van der Waals surface area contributed by atoms with Gasteiger partial charge in [-0.15, -0.1) is 5.10 Å². The van der Waals surface area contributed by atoms with Crippen LogP contribution < -0.4 is 0 Å². The fraction of sp³-hybridized carbons (Fsp3) is 0.800. The zero-order valence-corrected chi connectivity index (χ0v) is 9.97. The van der Waals surface area contributed by atoms with Gasteiger partial charge in [-0.3, -0.25) is 4.79 Å². The third-order valence-corrected chi connectivity index (χ3v) is 2.06. The summed E-state index contributed by atoms with van der Waals surface area (Å²) in [5.74, 6) is 0.0309. The number of hydrogen-bond donors (Lipinski definition) is 1. The number of hydrogen-bond acceptors (Lipinski definition) is 4. The largest absolute Gasteiger partial charge is 0.481 e. The third-order valence-electron chi connectivity index (χ3n) is 2.06. The Balaban J connectivity index is 2.54. The van der Waals surface area contributed by atoms with Crippen molar-refractivity contribution in [2.75, 3.05) is 0 Å². The summed E-state index contributed by atoms with van der Waals surface area (Å²) in [6, 6.07) is 0. The zero-order valence-electron chi connectivity index (χ0n) is 9.97. The lowest BCUT2D eigenvalue weighted by Crippen LogP contribution is -2.15. The van der Waals surface area contributed by atoms with Gasteiger partial charge in [0.05, 0.1) is 0 Å². The van der Waals surface area contributed by atoms with E-state index in [1.807, 2.05) is 0 Å². The van der Waals surface area contributed by atoms with Gasteiger partial charge in [0.1, 0.15) is 0 Å². The lowest BCUT2D eigenvalue weighted by molar-refractivity contribution is -0.137. The van der Waals surface area contributed by atoms with E-state index in [0.29, 0.717) is 13.0 Å². The van der Waals surface area contributed by atoms with Crippen LogP contribution in [0.4, 0.5) is 0 Å². The zero-order chi connectivity index (χ0) is 12.2. The van der Waals surface area contributed by atoms with E-state index in [2.05, 4.69) is 36.3 Å². The molecule has 0 saturated carbocycles. The summed E-state index contributed by atoms with van der Waals surface area (Å²) in [5.41, 5.74) is 0.124. The Morgan fingerprint density at radius 3 is 2.69 bits per heavy atom. The molecule has 0 aliphatic carbocycles. The van der Waals surface area contributed by atoms with E-state index in [0.717, 1.165) is 12.2 Å². The number of tetrazole rings is 1. The summed E-state index contributed by atoms with van der Waals surface area (Å²) in [7, 11) is 0. The molecule has 0 unspecified atom stereocenters. The van der Waals surface area contributed by atoms with Crippen molar-refractivity contribution in [1.82, 2.24) is 20.2 Å². The van der Waals surface area contributed by atoms with Gasteiger partial charge >= 0.3 is 5.97 Å². The number of nitrogens with zero attached hydrogens (tertiary/aromatic N) is 4. The highest BCUT2D eigenvalue weighted by molar-refractivity contribution is 5.66. The van der Waals surface area contributed by atoms with Gasteiger partial charge in [-0.2, -0.15) is 0 Å². The first-order chi connectivity index (χ1) is 7.38. The molecule has 1 rings (SSSR count). The van der Waals surface area contributed by atoms with Crippen LogP contribution >= 0.6 is 0 Å². The maximum absolute atomic E-state index is 10.4. The second-order valence-electron chi connectivity index (χ2n) is 5.05. The predicted molar refractivity (Wildman–Crippen MR) is 57.8 cm³/mol. The number of aromatic nitrogens is 4. The van der Waals surface area contributed by atoms with Crippen LogP contribution in [0.25, 0.3) is 0 Å². The second-order valence-corrected chi connectivity index (χ2v) is 5.05. The van der Waals surface area contributed by atoms with Crippen LogP contribution in [0.5, 0.6) is 0 Å². The number of carboxylic acid groups (broad SMARTS) is 1. The molecular formula is C10H18N4O2. The van der Waals surface area contributed by atoms with E-state index in [4.69, 9.17) is 5.11 Å². The Kier molecular flexibility index (Phi) is 3.98. The van der Waals surface area contributed by atoms with E-state index in [1.165, 1.54) is 0 Å². The fourth-order valence-electron chi connectivity index (χ4n) is 1.38. The molecule has 16 heavy (non-hydrogen) atoms. The SMILES string of the molecule is CC(C)(C)Cc1nnnn1CCCC(=O)O. The molecule has 0 spiro atoms. The highest BCUT2D eigenvalue weighted by Crippen LogP contribution is 2.18. The van der Waals surface area contributed by atoms with Crippen molar-refractivity contribution in [3.05, 3.63) is 5.82 Å². The van der Waals surface area contributed by atoms with Crippen LogP contribution in [0.15, 0.2) is 0 Å². The minimum absolute atomic E-state index is 0.124. The Morgan fingerprint density at radius 2 is 2.12 bits per heavy atom. The maximum atomic E-state index is 10.4. The lowest BCUT2D eigenvalue weighted by Gasteiger charge is -2.16. The highest BCUT2D eigenvalue weighted by atomic mass is 16.4. The average molecular weight is 226 g/mol. The number of aliphatic carboxylic acids is 1. The first-order valence-electron chi connectivity index (χ1n) is 5.35. The third kappa shape index (κ3) is 4.37. The van der Waals surface area contributed by atoms with Crippen LogP contribution in [-0.4, -0.2) is 31.3 Å². The van der Waals surface area contributed by atoms with E-state index < -0.39 is 5.97 Å². The molecule has 1 heterocycles. The topological polar surface area (TPSA) is 80.9 Å². The Bertz CT molecular complexity index is 354. The lowest BCUT2D eigenvalue weighted by atomic mass is 9.92. The van der Waals surface area contributed by atoms with Crippen molar-refractivity contribution in [1.29, 1.82) is 0 Å². The summed E-state index contributed by atoms with van der Waals surface area (Å²) >= 11 is 0.